The van der Waals surface area contributed by atoms with Crippen molar-refractivity contribution in [3.8, 4) is 0 Å². The van der Waals surface area contributed by atoms with E-state index < -0.39 is 0 Å². The molecule has 2 aliphatic rings. The summed E-state index contributed by atoms with van der Waals surface area (Å²) in [6.07, 6.45) is 4.48. The number of epoxide rings is 2. The maximum absolute atomic E-state index is 5.70. The van der Waals surface area contributed by atoms with Crippen LogP contribution in [0.25, 0.3) is 0 Å². The van der Waals surface area contributed by atoms with Gasteiger partial charge in [0.1, 0.15) is 12.2 Å². The lowest BCUT2D eigenvalue weighted by Gasteiger charge is -2.28. The van der Waals surface area contributed by atoms with Crippen molar-refractivity contribution in [1.82, 2.24) is 0 Å². The molecule has 2 saturated heterocycles. The number of hydrogen-bond acceptors (Lipinski definition) is 4. The maximum Gasteiger partial charge on any atom is 0.184 e. The summed E-state index contributed by atoms with van der Waals surface area (Å²) in [6.45, 7) is 15.0. The third kappa shape index (κ3) is 5.56. The first-order valence-electron chi connectivity index (χ1n) is 10.9. The van der Waals surface area contributed by atoms with E-state index in [9.17, 15) is 0 Å². The van der Waals surface area contributed by atoms with Gasteiger partial charge in [0, 0.05) is 13.2 Å². The highest BCUT2D eigenvalue weighted by atomic mass is 16.8. The molecule has 0 N–H and O–H groups in total. The quantitative estimate of drug-likeness (QED) is 0.453. The minimum atomic E-state index is -0.00107. The molecule has 0 amide bonds. The Morgan fingerprint density at radius 3 is 1.39 bits per heavy atom. The summed E-state index contributed by atoms with van der Waals surface area (Å²) in [4.78, 5) is 0. The third-order valence-corrected chi connectivity index (χ3v) is 5.92. The van der Waals surface area contributed by atoms with E-state index in [2.05, 4.69) is 65.8 Å². The fraction of sp³-hybridized carbons (Fsp3) is 0.750. The molecule has 158 valence electrons. The van der Waals surface area contributed by atoms with E-state index in [0.717, 1.165) is 38.9 Å². The number of ether oxygens (including phenoxy) is 4. The lowest BCUT2D eigenvalue weighted by molar-refractivity contribution is 0.0505. The molecule has 4 nitrogen and oxygen atoms in total. The summed E-state index contributed by atoms with van der Waals surface area (Å²) in [5.74, 6) is 0. The Morgan fingerprint density at radius 2 is 1.07 bits per heavy atom. The molecule has 0 radical (unpaired) electrons. The molecule has 2 heterocycles. The molecule has 28 heavy (non-hydrogen) atoms. The molecule has 4 atom stereocenters. The van der Waals surface area contributed by atoms with E-state index >= 15 is 0 Å². The van der Waals surface area contributed by atoms with Gasteiger partial charge in [-0.1, -0.05) is 65.8 Å². The topological polar surface area (TPSA) is 43.5 Å². The fourth-order valence-electron chi connectivity index (χ4n) is 3.92. The van der Waals surface area contributed by atoms with Crippen molar-refractivity contribution in [2.24, 2.45) is 0 Å². The van der Waals surface area contributed by atoms with Crippen molar-refractivity contribution in [3.05, 3.63) is 35.4 Å². The first-order valence-corrected chi connectivity index (χ1v) is 10.9. The number of hydrogen-bond donors (Lipinski definition) is 0. The normalized spacial score (nSPS) is 27.1. The Bertz CT molecular complexity index is 567. The smallest absolute Gasteiger partial charge is 0.184 e. The fourth-order valence-corrected chi connectivity index (χ4v) is 3.92. The van der Waals surface area contributed by atoms with Gasteiger partial charge in [-0.05, 0) is 47.6 Å². The largest absolute Gasteiger partial charge is 0.350 e. The molecule has 4 heteroatoms. The molecular formula is C24H38O4. The highest BCUT2D eigenvalue weighted by Crippen LogP contribution is 2.40. The summed E-state index contributed by atoms with van der Waals surface area (Å²) < 4.78 is 22.8. The van der Waals surface area contributed by atoms with Crippen molar-refractivity contribution < 1.29 is 18.9 Å². The molecule has 3 rings (SSSR count). The minimum absolute atomic E-state index is 0.00107. The summed E-state index contributed by atoms with van der Waals surface area (Å²) >= 11 is 0. The number of benzene rings is 1. The molecule has 4 unspecified atom stereocenters. The third-order valence-electron chi connectivity index (χ3n) is 5.92. The predicted octanol–water partition coefficient (Wildman–Crippen LogP) is 5.33. The van der Waals surface area contributed by atoms with Crippen LogP contribution in [-0.4, -0.2) is 38.0 Å². The van der Waals surface area contributed by atoms with Crippen LogP contribution in [0.4, 0.5) is 0 Å². The van der Waals surface area contributed by atoms with Crippen LogP contribution in [0.3, 0.4) is 0 Å². The van der Waals surface area contributed by atoms with Gasteiger partial charge < -0.3 is 18.9 Å². The van der Waals surface area contributed by atoms with Crippen LogP contribution in [0.2, 0.25) is 0 Å². The Balaban J connectivity index is 1.53. The van der Waals surface area contributed by atoms with Crippen LogP contribution in [0.15, 0.2) is 24.3 Å². The lowest BCUT2D eigenvalue weighted by Crippen LogP contribution is -2.23. The van der Waals surface area contributed by atoms with E-state index in [4.69, 9.17) is 18.9 Å². The van der Waals surface area contributed by atoms with Gasteiger partial charge >= 0.3 is 0 Å². The average molecular weight is 391 g/mol. The summed E-state index contributed by atoms with van der Waals surface area (Å²) in [6, 6.07) is 9.11. The summed E-state index contributed by atoms with van der Waals surface area (Å²) in [7, 11) is 0. The summed E-state index contributed by atoms with van der Waals surface area (Å²) in [5.41, 5.74) is 2.83. The van der Waals surface area contributed by atoms with Crippen molar-refractivity contribution >= 4 is 0 Å². The Kier molecular flexibility index (Phi) is 6.86. The van der Waals surface area contributed by atoms with Crippen molar-refractivity contribution in [1.29, 1.82) is 0 Å². The standard InChI is InChI=1S/C24H38O4/c1-7-13-25-21-19(27-21)15-23(3,4)17-9-11-18(12-10-17)24(5,6)16-20-22(28-20)26-14-8-2/h9-12,19-22H,7-8,13-16H2,1-6H3. The van der Waals surface area contributed by atoms with Crippen molar-refractivity contribution in [2.45, 2.75) is 103 Å². The van der Waals surface area contributed by atoms with Gasteiger partial charge in [-0.25, -0.2) is 0 Å². The Morgan fingerprint density at radius 1 is 0.714 bits per heavy atom. The van der Waals surface area contributed by atoms with Gasteiger partial charge in [0.05, 0.1) is 0 Å². The zero-order valence-electron chi connectivity index (χ0n) is 18.5. The predicted molar refractivity (Wildman–Crippen MR) is 112 cm³/mol. The average Bonchev–Trinajstić information content (AvgIpc) is 3.56. The van der Waals surface area contributed by atoms with E-state index in [1.165, 1.54) is 11.1 Å². The zero-order valence-corrected chi connectivity index (χ0v) is 18.5. The van der Waals surface area contributed by atoms with Gasteiger partial charge in [0.2, 0.25) is 0 Å². The first-order chi connectivity index (χ1) is 13.3. The highest BCUT2D eigenvalue weighted by molar-refractivity contribution is 5.32. The van der Waals surface area contributed by atoms with Crippen LogP contribution in [0, 0.1) is 0 Å². The SMILES string of the molecule is CCCOC1OC1CC(C)(C)c1ccc(C(C)(C)CC2OC2OCCC)cc1. The van der Waals surface area contributed by atoms with Crippen LogP contribution >= 0.6 is 0 Å². The Labute approximate surface area is 170 Å². The van der Waals surface area contributed by atoms with Crippen LogP contribution in [-0.2, 0) is 29.8 Å². The maximum atomic E-state index is 5.70. The molecule has 1 aromatic carbocycles. The lowest BCUT2D eigenvalue weighted by atomic mass is 9.76. The first kappa shape index (κ1) is 21.8. The highest BCUT2D eigenvalue weighted by Gasteiger charge is 2.45. The van der Waals surface area contributed by atoms with Gasteiger partial charge in [-0.3, -0.25) is 0 Å². The van der Waals surface area contributed by atoms with Gasteiger partial charge in [0.25, 0.3) is 0 Å². The minimum Gasteiger partial charge on any atom is -0.350 e. The second-order valence-electron chi connectivity index (χ2n) is 9.58. The second kappa shape index (κ2) is 8.83. The zero-order chi connectivity index (χ0) is 20.4. The molecule has 2 aliphatic heterocycles. The Hall–Kier alpha value is -0.940. The van der Waals surface area contributed by atoms with E-state index in [1.807, 2.05) is 0 Å². The van der Waals surface area contributed by atoms with Crippen molar-refractivity contribution in [2.75, 3.05) is 13.2 Å². The van der Waals surface area contributed by atoms with Crippen LogP contribution < -0.4 is 0 Å². The molecule has 0 saturated carbocycles. The van der Waals surface area contributed by atoms with E-state index in [1.54, 1.807) is 0 Å². The monoisotopic (exact) mass is 390 g/mol. The molecular weight excluding hydrogens is 352 g/mol. The van der Waals surface area contributed by atoms with Gasteiger partial charge in [-0.2, -0.15) is 0 Å². The molecule has 1 aromatic rings. The van der Waals surface area contributed by atoms with E-state index in [-0.39, 0.29) is 35.6 Å². The number of rotatable bonds is 12. The van der Waals surface area contributed by atoms with E-state index in [0.29, 0.717) is 0 Å². The van der Waals surface area contributed by atoms with Gasteiger partial charge in [0.15, 0.2) is 12.6 Å². The molecule has 0 spiro atoms. The van der Waals surface area contributed by atoms with Crippen LogP contribution in [0.1, 0.15) is 78.4 Å². The molecule has 2 fully saturated rings. The second-order valence-corrected chi connectivity index (χ2v) is 9.58. The molecule has 0 aromatic heterocycles. The van der Waals surface area contributed by atoms with Crippen molar-refractivity contribution in [3.63, 3.8) is 0 Å². The molecule has 0 aliphatic carbocycles. The molecule has 0 bridgehead atoms. The van der Waals surface area contributed by atoms with Crippen LogP contribution in [0.5, 0.6) is 0 Å². The van der Waals surface area contributed by atoms with Gasteiger partial charge in [-0.15, -0.1) is 0 Å². The summed E-state index contributed by atoms with van der Waals surface area (Å²) in [5, 5.41) is 0.